The smallest absolute Gasteiger partial charge is 0.136 e. The molecule has 0 amide bonds. The van der Waals surface area contributed by atoms with Crippen LogP contribution in [0.15, 0.2) is 29.6 Å². The first-order chi connectivity index (χ1) is 7.44. The normalized spacial score (nSPS) is 18.6. The van der Waals surface area contributed by atoms with E-state index < -0.39 is 0 Å². The van der Waals surface area contributed by atoms with E-state index in [1.54, 1.807) is 0 Å². The van der Waals surface area contributed by atoms with E-state index in [1.807, 2.05) is 29.2 Å². The summed E-state index contributed by atoms with van der Waals surface area (Å²) < 4.78 is 5.57. The predicted octanol–water partition coefficient (Wildman–Crippen LogP) is 2.29. The van der Waals surface area contributed by atoms with Gasteiger partial charge >= 0.3 is 0 Å². The third-order valence-electron chi connectivity index (χ3n) is 2.06. The second-order valence-corrected chi connectivity index (χ2v) is 5.01. The molecule has 0 saturated heterocycles. The lowest BCUT2D eigenvalue weighted by atomic mass is 9.99. The van der Waals surface area contributed by atoms with Crippen molar-refractivity contribution < 1.29 is 4.74 Å². The Morgan fingerprint density at radius 1 is 1.44 bits per heavy atom. The highest BCUT2D eigenvalue weighted by Gasteiger charge is 2.18. The van der Waals surface area contributed by atoms with Crippen molar-refractivity contribution in [2.24, 2.45) is 10.6 Å². The van der Waals surface area contributed by atoms with Gasteiger partial charge in [-0.05, 0) is 10.6 Å². The minimum atomic E-state index is 0.141. The molecule has 90 valence electrons. The Morgan fingerprint density at radius 3 is 2.69 bits per heavy atom. The predicted molar refractivity (Wildman–Crippen MR) is 62.9 cm³/mol. The van der Waals surface area contributed by atoms with Gasteiger partial charge in [-0.15, -0.1) is 4.91 Å². The Bertz CT molecular complexity index is 305. The molecule has 1 aliphatic rings. The molecular formula is C11H19N3O2. The van der Waals surface area contributed by atoms with E-state index >= 15 is 0 Å². The molecule has 0 atom stereocenters. The standard InChI is InChI=1S/C11H19N3O2/c1-11(2,3)8-16-9-14-6-5-13(4)10(14)7-12-15/h5-7H,8-9H2,1-4H3/b10-7-. The van der Waals surface area contributed by atoms with Crippen molar-refractivity contribution in [3.8, 4) is 0 Å². The highest BCUT2D eigenvalue weighted by atomic mass is 16.5. The molecule has 5 nitrogen and oxygen atoms in total. The summed E-state index contributed by atoms with van der Waals surface area (Å²) in [4.78, 5) is 13.9. The van der Waals surface area contributed by atoms with Crippen LogP contribution >= 0.6 is 0 Å². The average molecular weight is 225 g/mol. The SMILES string of the molecule is CN1C=CN(COCC(C)(C)C)/C1=C\N=O. The molecule has 0 aromatic rings. The quantitative estimate of drug-likeness (QED) is 0.689. The van der Waals surface area contributed by atoms with E-state index in [0.717, 1.165) is 5.82 Å². The lowest BCUT2D eigenvalue weighted by Crippen LogP contribution is -2.25. The number of ether oxygens (including phenoxy) is 1. The Labute approximate surface area is 96.3 Å². The van der Waals surface area contributed by atoms with E-state index in [0.29, 0.717) is 13.3 Å². The minimum absolute atomic E-state index is 0.141. The maximum Gasteiger partial charge on any atom is 0.136 e. The highest BCUT2D eigenvalue weighted by molar-refractivity contribution is 5.12. The summed E-state index contributed by atoms with van der Waals surface area (Å²) in [7, 11) is 1.86. The third-order valence-corrected chi connectivity index (χ3v) is 2.06. The molecular weight excluding hydrogens is 206 g/mol. The van der Waals surface area contributed by atoms with Crippen LogP contribution in [0, 0.1) is 10.3 Å². The molecule has 0 saturated carbocycles. The first kappa shape index (κ1) is 12.7. The van der Waals surface area contributed by atoms with E-state index in [4.69, 9.17) is 4.74 Å². The molecule has 1 rings (SSSR count). The van der Waals surface area contributed by atoms with Crippen molar-refractivity contribution in [3.63, 3.8) is 0 Å². The van der Waals surface area contributed by atoms with Gasteiger partial charge < -0.3 is 14.5 Å². The van der Waals surface area contributed by atoms with Crippen LogP contribution < -0.4 is 0 Å². The molecule has 1 heterocycles. The van der Waals surface area contributed by atoms with Crippen molar-refractivity contribution >= 4 is 0 Å². The first-order valence-corrected chi connectivity index (χ1v) is 5.22. The summed E-state index contributed by atoms with van der Waals surface area (Å²) in [6.45, 7) is 7.44. The number of rotatable bonds is 4. The molecule has 0 spiro atoms. The van der Waals surface area contributed by atoms with Crippen LogP contribution in [0.1, 0.15) is 20.8 Å². The molecule has 0 N–H and O–H groups in total. The van der Waals surface area contributed by atoms with Gasteiger partial charge in [-0.1, -0.05) is 20.8 Å². The Hall–Kier alpha value is -1.36. The van der Waals surface area contributed by atoms with Gasteiger partial charge in [0, 0.05) is 19.4 Å². The molecule has 1 aliphatic heterocycles. The lowest BCUT2D eigenvalue weighted by molar-refractivity contribution is 0.0224. The zero-order valence-corrected chi connectivity index (χ0v) is 10.3. The fraction of sp³-hybridized carbons (Fsp3) is 0.636. The molecule has 0 aromatic carbocycles. The Kier molecular flexibility index (Phi) is 4.06. The summed E-state index contributed by atoms with van der Waals surface area (Å²) in [6, 6.07) is 0. The van der Waals surface area contributed by atoms with Crippen LogP contribution in [0.3, 0.4) is 0 Å². The molecule has 0 aliphatic carbocycles. The van der Waals surface area contributed by atoms with Gasteiger partial charge in [-0.3, -0.25) is 0 Å². The summed E-state index contributed by atoms with van der Waals surface area (Å²) in [5, 5.41) is 2.78. The van der Waals surface area contributed by atoms with Crippen molar-refractivity contribution in [3.05, 3.63) is 29.3 Å². The number of nitroso groups, excluding NO2 is 1. The van der Waals surface area contributed by atoms with E-state index in [9.17, 15) is 4.91 Å². The van der Waals surface area contributed by atoms with Gasteiger partial charge in [-0.2, -0.15) is 0 Å². The Balaban J connectivity index is 2.46. The second kappa shape index (κ2) is 5.12. The summed E-state index contributed by atoms with van der Waals surface area (Å²) >= 11 is 0. The first-order valence-electron chi connectivity index (χ1n) is 5.22. The number of hydrogen-bond donors (Lipinski definition) is 0. The van der Waals surface area contributed by atoms with Gasteiger partial charge in [0.1, 0.15) is 18.8 Å². The van der Waals surface area contributed by atoms with Crippen LogP contribution in [0.5, 0.6) is 0 Å². The van der Waals surface area contributed by atoms with Gasteiger partial charge in [0.25, 0.3) is 0 Å². The minimum Gasteiger partial charge on any atom is -0.360 e. The second-order valence-electron chi connectivity index (χ2n) is 5.01. The van der Waals surface area contributed by atoms with Crippen LogP contribution in [-0.2, 0) is 4.74 Å². The lowest BCUT2D eigenvalue weighted by Gasteiger charge is -2.24. The van der Waals surface area contributed by atoms with E-state index in [-0.39, 0.29) is 5.41 Å². The summed E-state index contributed by atoms with van der Waals surface area (Å²) in [5.74, 6) is 0.726. The van der Waals surface area contributed by atoms with E-state index in [2.05, 4.69) is 25.9 Å². The fourth-order valence-corrected chi connectivity index (χ4v) is 1.31. The monoisotopic (exact) mass is 225 g/mol. The van der Waals surface area contributed by atoms with Crippen molar-refractivity contribution in [2.45, 2.75) is 20.8 Å². The molecule has 16 heavy (non-hydrogen) atoms. The van der Waals surface area contributed by atoms with Crippen LogP contribution in [0.4, 0.5) is 0 Å². The van der Waals surface area contributed by atoms with Crippen LogP contribution in [0.2, 0.25) is 0 Å². The maximum atomic E-state index is 10.2. The van der Waals surface area contributed by atoms with Crippen LogP contribution in [-0.4, -0.2) is 30.2 Å². The molecule has 0 bridgehead atoms. The van der Waals surface area contributed by atoms with Crippen LogP contribution in [0.25, 0.3) is 0 Å². The fourth-order valence-electron chi connectivity index (χ4n) is 1.31. The average Bonchev–Trinajstić information content (AvgIpc) is 2.48. The number of nitrogens with zero attached hydrogens (tertiary/aromatic N) is 3. The molecule has 0 radical (unpaired) electrons. The molecule has 0 aromatic heterocycles. The Morgan fingerprint density at radius 2 is 2.12 bits per heavy atom. The van der Waals surface area contributed by atoms with Gasteiger partial charge in [0.2, 0.25) is 0 Å². The van der Waals surface area contributed by atoms with Gasteiger partial charge in [0.05, 0.1) is 6.61 Å². The summed E-state index contributed by atoms with van der Waals surface area (Å²) in [5.41, 5.74) is 0.141. The molecule has 0 fully saturated rings. The van der Waals surface area contributed by atoms with Crippen molar-refractivity contribution in [1.29, 1.82) is 0 Å². The highest BCUT2D eigenvalue weighted by Crippen LogP contribution is 2.19. The van der Waals surface area contributed by atoms with Crippen molar-refractivity contribution in [1.82, 2.24) is 9.80 Å². The van der Waals surface area contributed by atoms with Crippen molar-refractivity contribution in [2.75, 3.05) is 20.4 Å². The largest absolute Gasteiger partial charge is 0.360 e. The van der Waals surface area contributed by atoms with Gasteiger partial charge in [0.15, 0.2) is 0 Å². The zero-order valence-electron chi connectivity index (χ0n) is 10.3. The third kappa shape index (κ3) is 3.66. The molecule has 5 heteroatoms. The summed E-state index contributed by atoms with van der Waals surface area (Å²) in [6.07, 6.45) is 5.00. The van der Waals surface area contributed by atoms with Gasteiger partial charge in [-0.25, -0.2) is 0 Å². The topological polar surface area (TPSA) is 45.1 Å². The number of hydrogen-bond acceptors (Lipinski definition) is 5. The maximum absolute atomic E-state index is 10.2. The zero-order chi connectivity index (χ0) is 12.2. The molecule has 0 unspecified atom stereocenters. The van der Waals surface area contributed by atoms with E-state index in [1.165, 1.54) is 6.20 Å².